The first kappa shape index (κ1) is 16.2. The Balaban J connectivity index is 2.70. The molecular formula is C17H29NO. The Morgan fingerprint density at radius 3 is 2.42 bits per heavy atom. The van der Waals surface area contributed by atoms with Crippen molar-refractivity contribution in [2.75, 3.05) is 26.8 Å². The van der Waals surface area contributed by atoms with E-state index in [0.717, 1.165) is 32.6 Å². The van der Waals surface area contributed by atoms with E-state index in [0.29, 0.717) is 5.92 Å². The van der Waals surface area contributed by atoms with E-state index in [1.807, 2.05) is 7.05 Å². The number of likely N-dealkylation sites (N-methyl/N-ethyl adjacent to an activating group) is 1. The van der Waals surface area contributed by atoms with Crippen molar-refractivity contribution in [3.63, 3.8) is 0 Å². The Bertz CT molecular complexity index is 336. The number of nitrogens with one attached hydrogen (secondary N) is 1. The third-order valence-electron chi connectivity index (χ3n) is 3.75. The maximum atomic E-state index is 5.79. The van der Waals surface area contributed by atoms with Crippen molar-refractivity contribution in [3.8, 4) is 0 Å². The van der Waals surface area contributed by atoms with Crippen LogP contribution < -0.4 is 5.32 Å². The molecule has 0 aromatic heterocycles. The van der Waals surface area contributed by atoms with Gasteiger partial charge in [-0.3, -0.25) is 0 Å². The third kappa shape index (κ3) is 4.96. The van der Waals surface area contributed by atoms with Crippen LogP contribution in [0.25, 0.3) is 0 Å². The Morgan fingerprint density at radius 2 is 1.89 bits per heavy atom. The van der Waals surface area contributed by atoms with E-state index in [1.54, 1.807) is 0 Å². The molecule has 0 aliphatic heterocycles. The first-order valence-electron chi connectivity index (χ1n) is 7.42. The standard InChI is InChI=1S/C17H29NO/c1-5-17(14-18-4,11-12-19-13-15(2)3)16-9-7-6-8-10-16/h6-10,15,18H,5,11-14H2,1-4H3. The van der Waals surface area contributed by atoms with Crippen LogP contribution in [0, 0.1) is 5.92 Å². The van der Waals surface area contributed by atoms with E-state index in [2.05, 4.69) is 56.4 Å². The Hall–Kier alpha value is -0.860. The number of rotatable bonds is 9. The number of benzene rings is 1. The minimum absolute atomic E-state index is 0.187. The summed E-state index contributed by atoms with van der Waals surface area (Å²) >= 11 is 0. The molecule has 0 aliphatic rings. The summed E-state index contributed by atoms with van der Waals surface area (Å²) in [6.07, 6.45) is 2.20. The van der Waals surface area contributed by atoms with Gasteiger partial charge < -0.3 is 10.1 Å². The molecule has 19 heavy (non-hydrogen) atoms. The van der Waals surface area contributed by atoms with Crippen LogP contribution in [0.1, 0.15) is 39.2 Å². The fourth-order valence-electron chi connectivity index (χ4n) is 2.56. The highest BCUT2D eigenvalue weighted by atomic mass is 16.5. The first-order valence-corrected chi connectivity index (χ1v) is 7.42. The van der Waals surface area contributed by atoms with Crippen molar-refractivity contribution < 1.29 is 4.74 Å². The smallest absolute Gasteiger partial charge is 0.0488 e. The zero-order chi connectivity index (χ0) is 14.1. The maximum absolute atomic E-state index is 5.79. The van der Waals surface area contributed by atoms with Gasteiger partial charge in [0.1, 0.15) is 0 Å². The zero-order valence-corrected chi connectivity index (χ0v) is 12.9. The molecule has 2 heteroatoms. The number of hydrogen-bond acceptors (Lipinski definition) is 2. The van der Waals surface area contributed by atoms with Gasteiger partial charge in [0.05, 0.1) is 0 Å². The maximum Gasteiger partial charge on any atom is 0.0488 e. The van der Waals surface area contributed by atoms with E-state index in [1.165, 1.54) is 5.56 Å². The summed E-state index contributed by atoms with van der Waals surface area (Å²) in [4.78, 5) is 0. The fourth-order valence-corrected chi connectivity index (χ4v) is 2.56. The first-order chi connectivity index (χ1) is 9.14. The second kappa shape index (κ2) is 8.34. The van der Waals surface area contributed by atoms with Crippen molar-refractivity contribution in [1.29, 1.82) is 0 Å². The average molecular weight is 263 g/mol. The topological polar surface area (TPSA) is 21.3 Å². The largest absolute Gasteiger partial charge is 0.381 e. The molecule has 0 spiro atoms. The lowest BCUT2D eigenvalue weighted by Gasteiger charge is -2.33. The van der Waals surface area contributed by atoms with Crippen LogP contribution in [-0.4, -0.2) is 26.8 Å². The monoisotopic (exact) mass is 263 g/mol. The Kier molecular flexibility index (Phi) is 7.11. The lowest BCUT2D eigenvalue weighted by atomic mass is 9.75. The summed E-state index contributed by atoms with van der Waals surface area (Å²) in [5.74, 6) is 0.608. The zero-order valence-electron chi connectivity index (χ0n) is 12.9. The molecule has 1 rings (SSSR count). The van der Waals surface area contributed by atoms with Crippen LogP contribution in [0.3, 0.4) is 0 Å². The Labute approximate surface area is 118 Å². The third-order valence-corrected chi connectivity index (χ3v) is 3.75. The molecule has 1 atom stereocenters. The van der Waals surface area contributed by atoms with E-state index in [4.69, 9.17) is 4.74 Å². The van der Waals surface area contributed by atoms with Gasteiger partial charge in [-0.25, -0.2) is 0 Å². The molecule has 0 bridgehead atoms. The molecule has 0 amide bonds. The van der Waals surface area contributed by atoms with Gasteiger partial charge in [-0.05, 0) is 31.4 Å². The van der Waals surface area contributed by atoms with Gasteiger partial charge in [-0.1, -0.05) is 51.1 Å². The summed E-state index contributed by atoms with van der Waals surface area (Å²) in [6, 6.07) is 10.8. The molecule has 1 unspecified atom stereocenters. The van der Waals surface area contributed by atoms with Crippen LogP contribution >= 0.6 is 0 Å². The molecule has 108 valence electrons. The lowest BCUT2D eigenvalue weighted by molar-refractivity contribution is 0.0912. The Morgan fingerprint density at radius 1 is 1.21 bits per heavy atom. The molecule has 2 nitrogen and oxygen atoms in total. The molecule has 1 aromatic carbocycles. The lowest BCUT2D eigenvalue weighted by Crippen LogP contribution is -2.37. The average Bonchev–Trinajstić information content (AvgIpc) is 2.43. The second-order valence-electron chi connectivity index (χ2n) is 5.75. The summed E-state index contributed by atoms with van der Waals surface area (Å²) in [5.41, 5.74) is 1.60. The highest BCUT2D eigenvalue weighted by Crippen LogP contribution is 2.31. The van der Waals surface area contributed by atoms with Crippen molar-refractivity contribution in [2.24, 2.45) is 5.92 Å². The fraction of sp³-hybridized carbons (Fsp3) is 0.647. The molecule has 0 heterocycles. The van der Waals surface area contributed by atoms with Gasteiger partial charge in [0.15, 0.2) is 0 Å². The predicted octanol–water partition coefficient (Wildman–Crippen LogP) is 3.62. The van der Waals surface area contributed by atoms with Gasteiger partial charge in [0, 0.05) is 25.2 Å². The van der Waals surface area contributed by atoms with Gasteiger partial charge in [0.25, 0.3) is 0 Å². The van der Waals surface area contributed by atoms with Crippen molar-refractivity contribution in [1.82, 2.24) is 5.32 Å². The molecule has 0 fully saturated rings. The number of ether oxygens (including phenoxy) is 1. The SMILES string of the molecule is CCC(CCOCC(C)C)(CNC)c1ccccc1. The predicted molar refractivity (Wildman–Crippen MR) is 82.6 cm³/mol. The van der Waals surface area contributed by atoms with E-state index in [9.17, 15) is 0 Å². The van der Waals surface area contributed by atoms with Crippen LogP contribution in [0.4, 0.5) is 0 Å². The van der Waals surface area contributed by atoms with Gasteiger partial charge in [0.2, 0.25) is 0 Å². The van der Waals surface area contributed by atoms with Gasteiger partial charge in [-0.2, -0.15) is 0 Å². The van der Waals surface area contributed by atoms with E-state index < -0.39 is 0 Å². The minimum Gasteiger partial charge on any atom is -0.381 e. The van der Waals surface area contributed by atoms with E-state index >= 15 is 0 Å². The molecule has 0 aliphatic carbocycles. The summed E-state index contributed by atoms with van der Waals surface area (Å²) in [7, 11) is 2.03. The molecule has 0 saturated heterocycles. The molecule has 1 aromatic rings. The van der Waals surface area contributed by atoms with Crippen LogP contribution in [0.2, 0.25) is 0 Å². The van der Waals surface area contributed by atoms with Crippen LogP contribution in [-0.2, 0) is 10.2 Å². The van der Waals surface area contributed by atoms with Crippen LogP contribution in [0.15, 0.2) is 30.3 Å². The summed E-state index contributed by atoms with van der Waals surface area (Å²) in [5, 5.41) is 3.35. The summed E-state index contributed by atoms with van der Waals surface area (Å²) in [6.45, 7) is 9.35. The molecule has 0 saturated carbocycles. The highest BCUT2D eigenvalue weighted by Gasteiger charge is 2.29. The molecular weight excluding hydrogens is 234 g/mol. The van der Waals surface area contributed by atoms with E-state index in [-0.39, 0.29) is 5.41 Å². The summed E-state index contributed by atoms with van der Waals surface area (Å²) < 4.78 is 5.79. The van der Waals surface area contributed by atoms with Gasteiger partial charge >= 0.3 is 0 Å². The minimum atomic E-state index is 0.187. The number of hydrogen-bond donors (Lipinski definition) is 1. The molecule has 0 radical (unpaired) electrons. The van der Waals surface area contributed by atoms with Crippen molar-refractivity contribution in [3.05, 3.63) is 35.9 Å². The van der Waals surface area contributed by atoms with Gasteiger partial charge in [-0.15, -0.1) is 0 Å². The highest BCUT2D eigenvalue weighted by molar-refractivity contribution is 5.25. The quantitative estimate of drug-likeness (QED) is 0.687. The van der Waals surface area contributed by atoms with Crippen molar-refractivity contribution in [2.45, 2.75) is 39.0 Å². The van der Waals surface area contributed by atoms with Crippen molar-refractivity contribution >= 4 is 0 Å². The normalized spacial score (nSPS) is 14.6. The molecule has 1 N–H and O–H groups in total. The second-order valence-corrected chi connectivity index (χ2v) is 5.75. The van der Waals surface area contributed by atoms with Crippen LogP contribution in [0.5, 0.6) is 0 Å².